The Balaban J connectivity index is 3.50. The minimum atomic E-state index is -0.144. The van der Waals surface area contributed by atoms with Crippen LogP contribution in [0, 0.1) is 5.92 Å². The first-order valence-electron chi connectivity index (χ1n) is 4.73. The number of rotatable bonds is 6. The van der Waals surface area contributed by atoms with E-state index >= 15 is 0 Å². The Hall–Kier alpha value is -0.610. The molecule has 0 aliphatic carbocycles. The van der Waals surface area contributed by atoms with Gasteiger partial charge >= 0.3 is 0 Å². The Morgan fingerprint density at radius 1 is 1.46 bits per heavy atom. The van der Waals surface area contributed by atoms with Gasteiger partial charge in [0.2, 0.25) is 5.91 Å². The lowest BCUT2D eigenvalue weighted by Gasteiger charge is -2.14. The van der Waals surface area contributed by atoms with Gasteiger partial charge in [-0.05, 0) is 19.8 Å². The quantitative estimate of drug-likeness (QED) is 0.508. The SMILES string of the molecule is CC(N)C(C)C(=O)NCCCCO. The third-order valence-corrected chi connectivity index (χ3v) is 2.09. The van der Waals surface area contributed by atoms with Crippen LogP contribution in [0.25, 0.3) is 0 Å². The second-order valence-corrected chi connectivity index (χ2v) is 3.37. The van der Waals surface area contributed by atoms with E-state index in [0.29, 0.717) is 6.54 Å². The van der Waals surface area contributed by atoms with Gasteiger partial charge in [0.1, 0.15) is 0 Å². The van der Waals surface area contributed by atoms with Gasteiger partial charge in [0.25, 0.3) is 0 Å². The Labute approximate surface area is 79.5 Å². The monoisotopic (exact) mass is 188 g/mol. The molecular formula is C9H20N2O2. The van der Waals surface area contributed by atoms with E-state index in [1.54, 1.807) is 0 Å². The molecule has 0 aromatic heterocycles. The average molecular weight is 188 g/mol. The second kappa shape index (κ2) is 6.86. The van der Waals surface area contributed by atoms with E-state index in [1.807, 2.05) is 13.8 Å². The summed E-state index contributed by atoms with van der Waals surface area (Å²) in [7, 11) is 0. The number of unbranched alkanes of at least 4 members (excludes halogenated alkanes) is 1. The van der Waals surface area contributed by atoms with Crippen LogP contribution in [0.4, 0.5) is 0 Å². The van der Waals surface area contributed by atoms with Crippen molar-refractivity contribution >= 4 is 5.91 Å². The first kappa shape index (κ1) is 12.4. The summed E-state index contributed by atoms with van der Waals surface area (Å²) in [5.41, 5.74) is 5.57. The van der Waals surface area contributed by atoms with E-state index in [0.717, 1.165) is 12.8 Å². The molecule has 2 atom stereocenters. The van der Waals surface area contributed by atoms with E-state index < -0.39 is 0 Å². The van der Waals surface area contributed by atoms with Gasteiger partial charge in [-0.1, -0.05) is 6.92 Å². The molecule has 0 aliphatic rings. The van der Waals surface area contributed by atoms with Crippen LogP contribution < -0.4 is 11.1 Å². The van der Waals surface area contributed by atoms with Crippen molar-refractivity contribution in [2.75, 3.05) is 13.2 Å². The molecule has 0 fully saturated rings. The highest BCUT2D eigenvalue weighted by Crippen LogP contribution is 1.99. The van der Waals surface area contributed by atoms with Crippen molar-refractivity contribution in [3.8, 4) is 0 Å². The van der Waals surface area contributed by atoms with Gasteiger partial charge in [0.05, 0.1) is 0 Å². The standard InChI is InChI=1S/C9H20N2O2/c1-7(8(2)10)9(13)11-5-3-4-6-12/h7-8,12H,3-6,10H2,1-2H3,(H,11,13). The number of aliphatic hydroxyl groups is 1. The zero-order valence-electron chi connectivity index (χ0n) is 8.42. The largest absolute Gasteiger partial charge is 0.396 e. The fraction of sp³-hybridized carbons (Fsp3) is 0.889. The van der Waals surface area contributed by atoms with Crippen molar-refractivity contribution in [3.63, 3.8) is 0 Å². The van der Waals surface area contributed by atoms with Gasteiger partial charge < -0.3 is 16.2 Å². The minimum Gasteiger partial charge on any atom is -0.396 e. The zero-order chi connectivity index (χ0) is 10.3. The van der Waals surface area contributed by atoms with Crippen LogP contribution in [-0.2, 0) is 4.79 Å². The molecule has 0 aromatic rings. The van der Waals surface area contributed by atoms with Gasteiger partial charge in [-0.15, -0.1) is 0 Å². The van der Waals surface area contributed by atoms with Crippen LogP contribution in [-0.4, -0.2) is 30.2 Å². The lowest BCUT2D eigenvalue weighted by molar-refractivity contribution is -0.124. The summed E-state index contributed by atoms with van der Waals surface area (Å²) in [6.07, 6.45) is 1.54. The maximum absolute atomic E-state index is 11.3. The van der Waals surface area contributed by atoms with Crippen LogP contribution >= 0.6 is 0 Å². The van der Waals surface area contributed by atoms with Crippen molar-refractivity contribution in [1.29, 1.82) is 0 Å². The number of carbonyl (C=O) groups is 1. The molecule has 0 saturated carbocycles. The summed E-state index contributed by atoms with van der Waals surface area (Å²) < 4.78 is 0. The molecule has 0 radical (unpaired) electrons. The summed E-state index contributed by atoms with van der Waals surface area (Å²) in [5, 5.41) is 11.3. The topological polar surface area (TPSA) is 75.4 Å². The van der Waals surface area contributed by atoms with Gasteiger partial charge in [0.15, 0.2) is 0 Å². The van der Waals surface area contributed by atoms with Gasteiger partial charge in [0, 0.05) is 25.1 Å². The van der Waals surface area contributed by atoms with Gasteiger partial charge in [-0.3, -0.25) is 4.79 Å². The Kier molecular flexibility index (Phi) is 6.54. The van der Waals surface area contributed by atoms with Crippen molar-refractivity contribution in [3.05, 3.63) is 0 Å². The summed E-state index contributed by atoms with van der Waals surface area (Å²) >= 11 is 0. The predicted molar refractivity (Wildman–Crippen MR) is 52.1 cm³/mol. The summed E-state index contributed by atoms with van der Waals surface area (Å²) in [5.74, 6) is -0.151. The average Bonchev–Trinajstić information content (AvgIpc) is 2.10. The van der Waals surface area contributed by atoms with Crippen LogP contribution in [0.5, 0.6) is 0 Å². The minimum absolute atomic E-state index is 0.00654. The third kappa shape index (κ3) is 5.60. The molecule has 2 unspecified atom stereocenters. The lowest BCUT2D eigenvalue weighted by Crippen LogP contribution is -2.38. The molecule has 4 nitrogen and oxygen atoms in total. The molecule has 0 heterocycles. The maximum Gasteiger partial charge on any atom is 0.224 e. The number of carbonyl (C=O) groups excluding carboxylic acids is 1. The fourth-order valence-electron chi connectivity index (χ4n) is 0.848. The number of hydrogen-bond acceptors (Lipinski definition) is 3. The maximum atomic E-state index is 11.3. The highest BCUT2D eigenvalue weighted by atomic mass is 16.2. The van der Waals surface area contributed by atoms with E-state index in [1.165, 1.54) is 0 Å². The van der Waals surface area contributed by atoms with Crippen LogP contribution in [0.15, 0.2) is 0 Å². The fourth-order valence-corrected chi connectivity index (χ4v) is 0.848. The predicted octanol–water partition coefficient (Wildman–Crippen LogP) is -0.142. The van der Waals surface area contributed by atoms with E-state index in [-0.39, 0.29) is 24.5 Å². The molecule has 4 N–H and O–H groups in total. The van der Waals surface area contributed by atoms with Crippen molar-refractivity contribution < 1.29 is 9.90 Å². The van der Waals surface area contributed by atoms with Gasteiger partial charge in [-0.25, -0.2) is 0 Å². The Morgan fingerprint density at radius 2 is 2.08 bits per heavy atom. The molecule has 4 heteroatoms. The summed E-state index contributed by atoms with van der Waals surface area (Å²) in [6, 6.07) is -0.113. The number of aliphatic hydroxyl groups excluding tert-OH is 1. The molecule has 13 heavy (non-hydrogen) atoms. The Morgan fingerprint density at radius 3 is 2.54 bits per heavy atom. The van der Waals surface area contributed by atoms with E-state index in [2.05, 4.69) is 5.32 Å². The molecule has 1 amide bonds. The number of amides is 1. The van der Waals surface area contributed by atoms with E-state index in [4.69, 9.17) is 10.8 Å². The first-order valence-corrected chi connectivity index (χ1v) is 4.73. The molecule has 0 bridgehead atoms. The highest BCUT2D eigenvalue weighted by Gasteiger charge is 2.15. The molecule has 0 saturated heterocycles. The number of hydrogen-bond donors (Lipinski definition) is 3. The lowest BCUT2D eigenvalue weighted by atomic mass is 10.0. The molecule has 0 aliphatic heterocycles. The highest BCUT2D eigenvalue weighted by molar-refractivity contribution is 5.78. The zero-order valence-corrected chi connectivity index (χ0v) is 8.42. The Bertz CT molecular complexity index is 149. The molecule has 0 spiro atoms. The van der Waals surface area contributed by atoms with Gasteiger partial charge in [-0.2, -0.15) is 0 Å². The molecule has 0 aromatic carbocycles. The normalized spacial score (nSPS) is 15.1. The second-order valence-electron chi connectivity index (χ2n) is 3.37. The summed E-state index contributed by atoms with van der Waals surface area (Å²) in [4.78, 5) is 11.3. The van der Waals surface area contributed by atoms with Crippen LogP contribution in [0.2, 0.25) is 0 Å². The van der Waals surface area contributed by atoms with Crippen molar-refractivity contribution in [2.24, 2.45) is 11.7 Å². The first-order chi connectivity index (χ1) is 6.09. The van der Waals surface area contributed by atoms with Crippen molar-refractivity contribution in [1.82, 2.24) is 5.32 Å². The number of nitrogens with one attached hydrogen (secondary N) is 1. The van der Waals surface area contributed by atoms with Crippen LogP contribution in [0.1, 0.15) is 26.7 Å². The third-order valence-electron chi connectivity index (χ3n) is 2.09. The smallest absolute Gasteiger partial charge is 0.224 e. The van der Waals surface area contributed by atoms with Crippen LogP contribution in [0.3, 0.4) is 0 Å². The van der Waals surface area contributed by atoms with Crippen molar-refractivity contribution in [2.45, 2.75) is 32.7 Å². The number of nitrogens with two attached hydrogens (primary N) is 1. The molecule has 78 valence electrons. The molecular weight excluding hydrogens is 168 g/mol. The van der Waals surface area contributed by atoms with E-state index in [9.17, 15) is 4.79 Å². The summed E-state index contributed by atoms with van der Waals surface area (Å²) in [6.45, 7) is 4.43. The molecule has 0 rings (SSSR count).